The first-order valence-corrected chi connectivity index (χ1v) is 5.77. The highest BCUT2D eigenvalue weighted by molar-refractivity contribution is 5.56. The van der Waals surface area contributed by atoms with Gasteiger partial charge in [-0.1, -0.05) is 13.8 Å². The molecule has 0 aliphatic heterocycles. The zero-order valence-corrected chi connectivity index (χ0v) is 10.4. The van der Waals surface area contributed by atoms with E-state index in [0.717, 1.165) is 5.56 Å². The Hall–Kier alpha value is -1.60. The molecular formula is C13H17N3O. The number of anilines is 1. The third-order valence-corrected chi connectivity index (χ3v) is 3.80. The fourth-order valence-corrected chi connectivity index (χ4v) is 2.12. The maximum atomic E-state index is 9.68. The lowest BCUT2D eigenvalue weighted by molar-refractivity contribution is -0.0511. The summed E-state index contributed by atoms with van der Waals surface area (Å²) in [6.45, 7) is 5.92. The zero-order chi connectivity index (χ0) is 12.6. The average Bonchev–Trinajstić information content (AvgIpc) is 2.29. The molecule has 1 fully saturated rings. The van der Waals surface area contributed by atoms with Crippen molar-refractivity contribution in [1.29, 1.82) is 5.26 Å². The van der Waals surface area contributed by atoms with E-state index in [1.165, 1.54) is 0 Å². The highest BCUT2D eigenvalue weighted by Gasteiger charge is 2.47. The Kier molecular flexibility index (Phi) is 2.80. The Morgan fingerprint density at radius 1 is 1.59 bits per heavy atom. The van der Waals surface area contributed by atoms with E-state index in [2.05, 4.69) is 16.4 Å². The van der Waals surface area contributed by atoms with Gasteiger partial charge in [-0.05, 0) is 25.0 Å². The molecule has 0 amide bonds. The number of pyridine rings is 1. The first kappa shape index (κ1) is 11.9. The van der Waals surface area contributed by atoms with Gasteiger partial charge in [0.1, 0.15) is 11.9 Å². The summed E-state index contributed by atoms with van der Waals surface area (Å²) in [5, 5.41) is 22.1. The van der Waals surface area contributed by atoms with Crippen LogP contribution in [0.4, 0.5) is 5.82 Å². The SMILES string of the molecule is Cc1ccnc(NC2CC(O)C2(C)C)c1C#N. The summed E-state index contributed by atoms with van der Waals surface area (Å²) >= 11 is 0. The van der Waals surface area contributed by atoms with E-state index in [0.29, 0.717) is 17.8 Å². The number of rotatable bonds is 2. The number of nitrogens with one attached hydrogen (secondary N) is 1. The third-order valence-electron chi connectivity index (χ3n) is 3.80. The van der Waals surface area contributed by atoms with Crippen LogP contribution >= 0.6 is 0 Å². The van der Waals surface area contributed by atoms with Gasteiger partial charge in [0.25, 0.3) is 0 Å². The molecule has 90 valence electrons. The Balaban J connectivity index is 2.21. The molecule has 4 nitrogen and oxygen atoms in total. The van der Waals surface area contributed by atoms with Crippen LogP contribution in [0.1, 0.15) is 31.4 Å². The zero-order valence-electron chi connectivity index (χ0n) is 10.4. The van der Waals surface area contributed by atoms with E-state index in [4.69, 9.17) is 5.26 Å². The number of aliphatic hydroxyl groups is 1. The second-order valence-electron chi connectivity index (χ2n) is 5.23. The molecule has 17 heavy (non-hydrogen) atoms. The highest BCUT2D eigenvalue weighted by atomic mass is 16.3. The molecule has 1 aromatic heterocycles. The lowest BCUT2D eigenvalue weighted by Crippen LogP contribution is -2.57. The highest BCUT2D eigenvalue weighted by Crippen LogP contribution is 2.42. The molecular weight excluding hydrogens is 214 g/mol. The molecule has 2 rings (SSSR count). The molecule has 4 heteroatoms. The summed E-state index contributed by atoms with van der Waals surface area (Å²) in [6.07, 6.45) is 2.11. The van der Waals surface area contributed by atoms with Crippen LogP contribution in [0.25, 0.3) is 0 Å². The minimum absolute atomic E-state index is 0.166. The number of hydrogen-bond donors (Lipinski definition) is 2. The van der Waals surface area contributed by atoms with Gasteiger partial charge in [0.2, 0.25) is 0 Å². The Labute approximate surface area is 101 Å². The maximum Gasteiger partial charge on any atom is 0.144 e. The van der Waals surface area contributed by atoms with Gasteiger partial charge >= 0.3 is 0 Å². The lowest BCUT2D eigenvalue weighted by Gasteiger charge is -2.49. The van der Waals surface area contributed by atoms with Crippen LogP contribution < -0.4 is 5.32 Å². The molecule has 2 atom stereocenters. The summed E-state index contributed by atoms with van der Waals surface area (Å²) in [5.41, 5.74) is 1.34. The lowest BCUT2D eigenvalue weighted by atomic mass is 9.64. The molecule has 1 heterocycles. The Morgan fingerprint density at radius 3 is 2.82 bits per heavy atom. The van der Waals surface area contributed by atoms with Crippen molar-refractivity contribution in [3.63, 3.8) is 0 Å². The third kappa shape index (κ3) is 1.87. The predicted octanol–water partition coefficient (Wildman–Crippen LogP) is 1.83. The monoisotopic (exact) mass is 231 g/mol. The first-order valence-electron chi connectivity index (χ1n) is 5.77. The van der Waals surface area contributed by atoms with Crippen molar-refractivity contribution in [1.82, 2.24) is 4.98 Å². The van der Waals surface area contributed by atoms with E-state index in [9.17, 15) is 5.11 Å². The number of nitrogens with zero attached hydrogens (tertiary/aromatic N) is 2. The summed E-state index contributed by atoms with van der Waals surface area (Å²) in [7, 11) is 0. The number of aryl methyl sites for hydroxylation is 1. The smallest absolute Gasteiger partial charge is 0.144 e. The molecule has 0 radical (unpaired) electrons. The molecule has 0 bridgehead atoms. The molecule has 1 aliphatic rings. The van der Waals surface area contributed by atoms with Gasteiger partial charge in [0, 0.05) is 17.7 Å². The largest absolute Gasteiger partial charge is 0.392 e. The molecule has 1 aliphatic carbocycles. The fourth-order valence-electron chi connectivity index (χ4n) is 2.12. The van der Waals surface area contributed by atoms with Gasteiger partial charge in [-0.25, -0.2) is 4.98 Å². The van der Waals surface area contributed by atoms with Crippen molar-refractivity contribution in [2.75, 3.05) is 5.32 Å². The van der Waals surface area contributed by atoms with Crippen molar-refractivity contribution in [3.05, 3.63) is 23.4 Å². The normalized spacial score (nSPS) is 25.8. The first-order chi connectivity index (χ1) is 7.96. The molecule has 2 N–H and O–H groups in total. The molecule has 2 unspecified atom stereocenters. The van der Waals surface area contributed by atoms with Gasteiger partial charge < -0.3 is 10.4 Å². The van der Waals surface area contributed by atoms with E-state index in [1.54, 1.807) is 6.20 Å². The van der Waals surface area contributed by atoms with Crippen molar-refractivity contribution < 1.29 is 5.11 Å². The van der Waals surface area contributed by atoms with Crippen LogP contribution in [-0.2, 0) is 0 Å². The molecule has 0 aromatic carbocycles. The van der Waals surface area contributed by atoms with Crippen molar-refractivity contribution >= 4 is 5.82 Å². The van der Waals surface area contributed by atoms with Gasteiger partial charge in [-0.3, -0.25) is 0 Å². The minimum atomic E-state index is -0.282. The molecule has 1 saturated carbocycles. The van der Waals surface area contributed by atoms with Gasteiger partial charge in [0.15, 0.2) is 0 Å². The predicted molar refractivity (Wildman–Crippen MR) is 65.5 cm³/mol. The Bertz CT molecular complexity index is 476. The van der Waals surface area contributed by atoms with E-state index < -0.39 is 0 Å². The van der Waals surface area contributed by atoms with Crippen LogP contribution in [0.5, 0.6) is 0 Å². The maximum absolute atomic E-state index is 9.68. The summed E-state index contributed by atoms with van der Waals surface area (Å²) in [4.78, 5) is 4.21. The molecule has 0 saturated heterocycles. The van der Waals surface area contributed by atoms with Crippen LogP contribution in [-0.4, -0.2) is 22.2 Å². The van der Waals surface area contributed by atoms with Gasteiger partial charge in [0.05, 0.1) is 11.7 Å². The fraction of sp³-hybridized carbons (Fsp3) is 0.538. The van der Waals surface area contributed by atoms with Crippen molar-refractivity contribution in [3.8, 4) is 6.07 Å². The number of aliphatic hydroxyl groups excluding tert-OH is 1. The standard InChI is InChI=1S/C13H17N3O/c1-8-4-5-15-12(9(8)7-14)16-10-6-11(17)13(10,2)3/h4-5,10-11,17H,6H2,1-3H3,(H,15,16). The summed E-state index contributed by atoms with van der Waals surface area (Å²) in [5.74, 6) is 0.623. The number of aromatic nitrogens is 1. The molecule has 1 aromatic rings. The average molecular weight is 231 g/mol. The summed E-state index contributed by atoms with van der Waals surface area (Å²) < 4.78 is 0. The minimum Gasteiger partial charge on any atom is -0.392 e. The van der Waals surface area contributed by atoms with Crippen LogP contribution in [0, 0.1) is 23.7 Å². The van der Waals surface area contributed by atoms with E-state index >= 15 is 0 Å². The van der Waals surface area contributed by atoms with Crippen molar-refractivity contribution in [2.45, 2.75) is 39.3 Å². The number of nitriles is 1. The summed E-state index contributed by atoms with van der Waals surface area (Å²) in [6, 6.07) is 4.16. The second kappa shape index (κ2) is 4.01. The van der Waals surface area contributed by atoms with Crippen LogP contribution in [0.15, 0.2) is 12.3 Å². The second-order valence-corrected chi connectivity index (χ2v) is 5.23. The van der Waals surface area contributed by atoms with Crippen LogP contribution in [0.2, 0.25) is 0 Å². The van der Waals surface area contributed by atoms with Gasteiger partial charge in [-0.15, -0.1) is 0 Å². The van der Waals surface area contributed by atoms with Gasteiger partial charge in [-0.2, -0.15) is 5.26 Å². The topological polar surface area (TPSA) is 68.9 Å². The Morgan fingerprint density at radius 2 is 2.29 bits per heavy atom. The van der Waals surface area contributed by atoms with E-state index in [1.807, 2.05) is 26.8 Å². The quantitative estimate of drug-likeness (QED) is 0.814. The van der Waals surface area contributed by atoms with Crippen molar-refractivity contribution in [2.24, 2.45) is 5.41 Å². The van der Waals surface area contributed by atoms with E-state index in [-0.39, 0.29) is 17.6 Å². The van der Waals surface area contributed by atoms with Crippen LogP contribution in [0.3, 0.4) is 0 Å². The molecule has 0 spiro atoms. The number of hydrogen-bond acceptors (Lipinski definition) is 4.